The van der Waals surface area contributed by atoms with E-state index >= 15 is 0 Å². The van der Waals surface area contributed by atoms with E-state index in [-0.39, 0.29) is 23.9 Å². The minimum absolute atomic E-state index is 0.169. The molecule has 0 saturated carbocycles. The topological polar surface area (TPSA) is 93.1 Å². The summed E-state index contributed by atoms with van der Waals surface area (Å²) in [5, 5.41) is 9.98. The summed E-state index contributed by atoms with van der Waals surface area (Å²) in [7, 11) is 0. The number of carbonyl (C=O) groups excluding carboxylic acids is 2. The van der Waals surface area contributed by atoms with Crippen molar-refractivity contribution < 1.29 is 9.59 Å². The van der Waals surface area contributed by atoms with Gasteiger partial charge >= 0.3 is 0 Å². The van der Waals surface area contributed by atoms with Crippen molar-refractivity contribution in [3.05, 3.63) is 76.1 Å². The van der Waals surface area contributed by atoms with Crippen LogP contribution in [0.4, 0.5) is 11.4 Å². The first kappa shape index (κ1) is 21.0. The van der Waals surface area contributed by atoms with Crippen molar-refractivity contribution in [3.8, 4) is 11.3 Å². The van der Waals surface area contributed by atoms with Crippen molar-refractivity contribution in [1.29, 1.82) is 0 Å². The van der Waals surface area contributed by atoms with Gasteiger partial charge in [0, 0.05) is 29.9 Å². The fraction of sp³-hybridized carbons (Fsp3) is 0.217. The Balaban J connectivity index is 1.84. The second-order valence-corrected chi connectivity index (χ2v) is 6.98. The van der Waals surface area contributed by atoms with Crippen molar-refractivity contribution >= 4 is 23.2 Å². The maximum atomic E-state index is 12.5. The molecule has 0 bridgehead atoms. The van der Waals surface area contributed by atoms with Gasteiger partial charge in [-0.1, -0.05) is 37.3 Å². The summed E-state index contributed by atoms with van der Waals surface area (Å²) in [6.07, 6.45) is 0.786. The minimum Gasteiger partial charge on any atom is -0.326 e. The van der Waals surface area contributed by atoms with Crippen molar-refractivity contribution in [2.75, 3.05) is 10.6 Å². The zero-order chi connectivity index (χ0) is 21.7. The molecule has 30 heavy (non-hydrogen) atoms. The highest BCUT2D eigenvalue weighted by Gasteiger charge is 2.11. The molecule has 0 atom stereocenters. The summed E-state index contributed by atoms with van der Waals surface area (Å²) in [5.41, 5.74) is 4.23. The van der Waals surface area contributed by atoms with Crippen molar-refractivity contribution in [2.45, 2.75) is 33.7 Å². The second-order valence-electron chi connectivity index (χ2n) is 6.98. The second kappa shape index (κ2) is 9.17. The Morgan fingerprint density at radius 2 is 1.77 bits per heavy atom. The van der Waals surface area contributed by atoms with Crippen LogP contribution in [0.25, 0.3) is 11.3 Å². The lowest BCUT2D eigenvalue weighted by molar-refractivity contribution is -0.117. The van der Waals surface area contributed by atoms with E-state index in [0.29, 0.717) is 11.4 Å². The lowest BCUT2D eigenvalue weighted by Crippen LogP contribution is -2.29. The first-order chi connectivity index (χ1) is 14.4. The predicted molar refractivity (Wildman–Crippen MR) is 117 cm³/mol. The van der Waals surface area contributed by atoms with E-state index in [9.17, 15) is 14.4 Å². The SMILES string of the molecule is CCc1ccccc1NC(=O)Cn1nc(-c2ccc(C)c(NC(C)=O)c2)ccc1=O. The minimum atomic E-state index is -0.369. The molecule has 7 heteroatoms. The molecular formula is C23H24N4O3. The lowest BCUT2D eigenvalue weighted by Gasteiger charge is -2.12. The Hall–Kier alpha value is -3.74. The van der Waals surface area contributed by atoms with Gasteiger partial charge in [-0.05, 0) is 42.7 Å². The van der Waals surface area contributed by atoms with Gasteiger partial charge in [-0.3, -0.25) is 14.4 Å². The fourth-order valence-electron chi connectivity index (χ4n) is 3.10. The quantitative estimate of drug-likeness (QED) is 0.659. The molecular weight excluding hydrogens is 380 g/mol. The summed E-state index contributed by atoms with van der Waals surface area (Å²) in [6, 6.07) is 16.1. The van der Waals surface area contributed by atoms with Crippen LogP contribution in [0.2, 0.25) is 0 Å². The maximum Gasteiger partial charge on any atom is 0.267 e. The van der Waals surface area contributed by atoms with Gasteiger partial charge in [-0.15, -0.1) is 0 Å². The third-order valence-corrected chi connectivity index (χ3v) is 4.68. The van der Waals surface area contributed by atoms with Crippen LogP contribution in [0.3, 0.4) is 0 Å². The largest absolute Gasteiger partial charge is 0.326 e. The number of aryl methyl sites for hydroxylation is 2. The highest BCUT2D eigenvalue weighted by Crippen LogP contribution is 2.23. The number of benzene rings is 2. The Morgan fingerprint density at radius 1 is 1.00 bits per heavy atom. The number of hydrogen-bond acceptors (Lipinski definition) is 4. The van der Waals surface area contributed by atoms with E-state index in [1.807, 2.05) is 50.2 Å². The third-order valence-electron chi connectivity index (χ3n) is 4.68. The van der Waals surface area contributed by atoms with Crippen molar-refractivity contribution in [2.24, 2.45) is 0 Å². The predicted octanol–water partition coefficient (Wildman–Crippen LogP) is 3.38. The molecule has 154 valence electrons. The van der Waals surface area contributed by atoms with Crippen molar-refractivity contribution in [3.63, 3.8) is 0 Å². The van der Waals surface area contributed by atoms with Gasteiger partial charge in [0.05, 0.1) is 5.69 Å². The third kappa shape index (κ3) is 5.00. The fourth-order valence-corrected chi connectivity index (χ4v) is 3.10. The first-order valence-corrected chi connectivity index (χ1v) is 9.72. The van der Waals surface area contributed by atoms with Crippen LogP contribution in [0, 0.1) is 6.92 Å². The lowest BCUT2D eigenvalue weighted by atomic mass is 10.1. The molecule has 2 N–H and O–H groups in total. The Morgan fingerprint density at radius 3 is 2.50 bits per heavy atom. The monoisotopic (exact) mass is 404 g/mol. The highest BCUT2D eigenvalue weighted by molar-refractivity contribution is 5.91. The molecule has 1 aromatic heterocycles. The van der Waals surface area contributed by atoms with Crippen molar-refractivity contribution in [1.82, 2.24) is 9.78 Å². The Bertz CT molecular complexity index is 1150. The van der Waals surface area contributed by atoms with E-state index in [0.717, 1.165) is 33.5 Å². The van der Waals surface area contributed by atoms with Crippen LogP contribution in [0.5, 0.6) is 0 Å². The normalized spacial score (nSPS) is 10.5. The average molecular weight is 404 g/mol. The molecule has 0 spiro atoms. The highest BCUT2D eigenvalue weighted by atomic mass is 16.2. The van der Waals surface area contributed by atoms with Gasteiger partial charge in [0.25, 0.3) is 5.56 Å². The summed E-state index contributed by atoms with van der Waals surface area (Å²) in [4.78, 5) is 36.2. The van der Waals surface area contributed by atoms with Gasteiger partial charge in [0.1, 0.15) is 6.54 Å². The molecule has 2 aromatic carbocycles. The van der Waals surface area contributed by atoms with E-state index in [2.05, 4.69) is 15.7 Å². The molecule has 0 saturated heterocycles. The number of anilines is 2. The molecule has 2 amide bonds. The zero-order valence-electron chi connectivity index (χ0n) is 17.2. The molecule has 0 radical (unpaired) electrons. The van der Waals surface area contributed by atoms with Crippen LogP contribution >= 0.6 is 0 Å². The number of hydrogen-bond donors (Lipinski definition) is 2. The molecule has 3 aromatic rings. The number of aromatic nitrogens is 2. The number of para-hydroxylation sites is 1. The van der Waals surface area contributed by atoms with E-state index in [1.165, 1.54) is 13.0 Å². The Kier molecular flexibility index (Phi) is 6.41. The molecule has 1 heterocycles. The van der Waals surface area contributed by atoms with Crippen LogP contribution in [0.15, 0.2) is 59.4 Å². The smallest absolute Gasteiger partial charge is 0.267 e. The number of nitrogens with one attached hydrogen (secondary N) is 2. The van der Waals surface area contributed by atoms with Crippen LogP contribution in [-0.4, -0.2) is 21.6 Å². The first-order valence-electron chi connectivity index (χ1n) is 9.72. The molecule has 0 fully saturated rings. The maximum absolute atomic E-state index is 12.5. The molecule has 0 unspecified atom stereocenters. The van der Waals surface area contributed by atoms with Gasteiger partial charge in [0.2, 0.25) is 11.8 Å². The van der Waals surface area contributed by atoms with E-state index in [1.54, 1.807) is 12.1 Å². The number of rotatable bonds is 6. The van der Waals surface area contributed by atoms with Crippen LogP contribution in [-0.2, 0) is 22.6 Å². The van der Waals surface area contributed by atoms with Crippen LogP contribution < -0.4 is 16.2 Å². The van der Waals surface area contributed by atoms with Gasteiger partial charge < -0.3 is 10.6 Å². The molecule has 0 aliphatic rings. The standard InChI is InChI=1S/C23H24N4O3/c1-4-17-7-5-6-8-19(17)25-22(29)14-27-23(30)12-11-20(26-27)18-10-9-15(2)21(13-18)24-16(3)28/h5-13H,4,14H2,1-3H3,(H,24,28)(H,25,29). The van der Waals surface area contributed by atoms with E-state index in [4.69, 9.17) is 0 Å². The number of nitrogens with zero attached hydrogens (tertiary/aromatic N) is 2. The average Bonchev–Trinajstić information content (AvgIpc) is 2.71. The van der Waals surface area contributed by atoms with Gasteiger partial charge in [0.15, 0.2) is 0 Å². The summed E-state index contributed by atoms with van der Waals surface area (Å²) in [6.45, 7) is 5.15. The molecule has 3 rings (SSSR count). The van der Waals surface area contributed by atoms with E-state index < -0.39 is 0 Å². The summed E-state index contributed by atoms with van der Waals surface area (Å²) in [5.74, 6) is -0.497. The number of carbonyl (C=O) groups is 2. The summed E-state index contributed by atoms with van der Waals surface area (Å²) < 4.78 is 1.14. The summed E-state index contributed by atoms with van der Waals surface area (Å²) >= 11 is 0. The van der Waals surface area contributed by atoms with Crippen LogP contribution in [0.1, 0.15) is 25.0 Å². The molecule has 7 nitrogen and oxygen atoms in total. The zero-order valence-corrected chi connectivity index (χ0v) is 17.2. The van der Waals surface area contributed by atoms with Gasteiger partial charge in [-0.25, -0.2) is 4.68 Å². The van der Waals surface area contributed by atoms with Gasteiger partial charge in [-0.2, -0.15) is 5.10 Å². The molecule has 0 aliphatic heterocycles. The molecule has 0 aliphatic carbocycles. The Labute approximate surface area is 174 Å². The number of amides is 2.